The van der Waals surface area contributed by atoms with Crippen LogP contribution in [0.2, 0.25) is 0 Å². The van der Waals surface area contributed by atoms with E-state index in [1.807, 2.05) is 13.8 Å². The van der Waals surface area contributed by atoms with Crippen LogP contribution in [0.3, 0.4) is 0 Å². The second-order valence-electron chi connectivity index (χ2n) is 5.84. The third-order valence-corrected chi connectivity index (χ3v) is 4.99. The third-order valence-electron chi connectivity index (χ3n) is 3.29. The molecule has 0 aliphatic heterocycles. The molecule has 21 heavy (non-hydrogen) atoms. The summed E-state index contributed by atoms with van der Waals surface area (Å²) in [5.74, 6) is 0. The molecule has 1 nitrogen and oxygen atoms in total. The van der Waals surface area contributed by atoms with Crippen LogP contribution in [0, 0.1) is 0 Å². The predicted molar refractivity (Wildman–Crippen MR) is 81.5 cm³/mol. The zero-order valence-electron chi connectivity index (χ0n) is 12.0. The lowest BCUT2D eigenvalue weighted by molar-refractivity contribution is 0.0854. The van der Waals surface area contributed by atoms with Gasteiger partial charge >= 0.3 is 17.7 Å². The number of hydrogen-bond donors (Lipinski definition) is 1. The minimum Gasteiger partial charge on any atom is -0.428 e. The molecule has 0 atom stereocenters. The van der Waals surface area contributed by atoms with Gasteiger partial charge in [-0.3, -0.25) is 0 Å². The van der Waals surface area contributed by atoms with E-state index in [4.69, 9.17) is 4.65 Å². The van der Waals surface area contributed by atoms with Gasteiger partial charge in [-0.2, -0.15) is 12.6 Å². The summed E-state index contributed by atoms with van der Waals surface area (Å²) in [6, 6.07) is 2.59. The molecule has 1 aromatic carbocycles. The SMILES string of the molecule is CC(C)(S)C(C)(C)O[B]c1ccc(S(F)(F)(F)(F)F)cc1. The van der Waals surface area contributed by atoms with Gasteiger partial charge in [0.1, 0.15) is 4.90 Å². The van der Waals surface area contributed by atoms with E-state index in [0.717, 1.165) is 12.1 Å². The summed E-state index contributed by atoms with van der Waals surface area (Å²) in [4.78, 5) is -1.92. The van der Waals surface area contributed by atoms with Crippen molar-refractivity contribution in [1.29, 1.82) is 0 Å². The average Bonchev–Trinajstić information content (AvgIpc) is 2.22. The highest BCUT2D eigenvalue weighted by atomic mass is 32.5. The van der Waals surface area contributed by atoms with Crippen LogP contribution < -0.4 is 5.46 Å². The number of thiol groups is 1. The lowest BCUT2D eigenvalue weighted by Gasteiger charge is -2.40. The van der Waals surface area contributed by atoms with Crippen molar-refractivity contribution in [3.8, 4) is 0 Å². The fourth-order valence-electron chi connectivity index (χ4n) is 1.16. The lowest BCUT2D eigenvalue weighted by atomic mass is 9.84. The van der Waals surface area contributed by atoms with E-state index in [1.165, 1.54) is 7.48 Å². The number of hydrogen-bond acceptors (Lipinski definition) is 2. The normalized spacial score (nSPS) is 17.0. The molecule has 0 bridgehead atoms. The highest BCUT2D eigenvalue weighted by Crippen LogP contribution is 3.02. The Kier molecular flexibility index (Phi) is 4.04. The quantitative estimate of drug-likeness (QED) is 0.443. The van der Waals surface area contributed by atoms with Crippen LogP contribution in [0.25, 0.3) is 0 Å². The van der Waals surface area contributed by atoms with Crippen LogP contribution in [0.1, 0.15) is 27.7 Å². The molecule has 1 aromatic rings. The Labute approximate surface area is 127 Å². The summed E-state index contributed by atoms with van der Waals surface area (Å²) in [6.07, 6.45) is 0. The summed E-state index contributed by atoms with van der Waals surface area (Å²) in [6.45, 7) is 7.17. The molecule has 0 heterocycles. The van der Waals surface area contributed by atoms with Gasteiger partial charge in [-0.05, 0) is 39.8 Å². The standard InChI is InChI=1S/C12H17BF5OS2/c1-11(2,12(3,4)20)19-13-9-5-7-10(8-6-9)21(14,15,16,17)18/h5-8,20H,1-4H3. The van der Waals surface area contributed by atoms with Crippen LogP contribution in [-0.4, -0.2) is 17.8 Å². The zero-order valence-corrected chi connectivity index (χ0v) is 13.8. The minimum absolute atomic E-state index is 0.256. The number of halogens is 5. The third kappa shape index (κ3) is 5.07. The first-order valence-electron chi connectivity index (χ1n) is 6.00. The molecule has 0 spiro atoms. The van der Waals surface area contributed by atoms with Gasteiger partial charge in [0, 0.05) is 4.75 Å². The maximum absolute atomic E-state index is 12.6. The molecule has 0 N–H and O–H groups in total. The lowest BCUT2D eigenvalue weighted by Crippen LogP contribution is -2.45. The molecular weight excluding hydrogens is 330 g/mol. The van der Waals surface area contributed by atoms with Crippen molar-refractivity contribution < 1.29 is 24.1 Å². The summed E-state index contributed by atoms with van der Waals surface area (Å²) in [7, 11) is -8.39. The summed E-state index contributed by atoms with van der Waals surface area (Å²) in [5.41, 5.74) is -0.444. The van der Waals surface area contributed by atoms with Gasteiger partial charge in [0.2, 0.25) is 0 Å². The van der Waals surface area contributed by atoms with Gasteiger partial charge in [-0.25, -0.2) is 0 Å². The molecular formula is C12H17BF5OS2. The van der Waals surface area contributed by atoms with Crippen molar-refractivity contribution in [2.75, 3.05) is 0 Å². The monoisotopic (exact) mass is 347 g/mol. The van der Waals surface area contributed by atoms with Crippen molar-refractivity contribution in [1.82, 2.24) is 0 Å². The Balaban J connectivity index is 2.88. The molecule has 1 rings (SSSR count). The summed E-state index contributed by atoms with van der Waals surface area (Å²) in [5, 5.41) is 0. The van der Waals surface area contributed by atoms with E-state index in [0.29, 0.717) is 12.1 Å². The summed E-state index contributed by atoms with van der Waals surface area (Å²) >= 11 is 4.37. The Morgan fingerprint density at radius 2 is 1.38 bits per heavy atom. The highest BCUT2D eigenvalue weighted by Gasteiger charge is 2.65. The largest absolute Gasteiger partial charge is 0.428 e. The Morgan fingerprint density at radius 3 is 1.71 bits per heavy atom. The van der Waals surface area contributed by atoms with Crippen LogP contribution in [0.5, 0.6) is 0 Å². The highest BCUT2D eigenvalue weighted by molar-refractivity contribution is 8.45. The van der Waals surface area contributed by atoms with E-state index >= 15 is 0 Å². The first-order valence-corrected chi connectivity index (χ1v) is 8.40. The second kappa shape index (κ2) is 4.55. The van der Waals surface area contributed by atoms with Gasteiger partial charge < -0.3 is 4.65 Å². The molecule has 0 amide bonds. The summed E-state index contributed by atoms with van der Waals surface area (Å²) < 4.78 is 67.8. The van der Waals surface area contributed by atoms with E-state index < -0.39 is 25.5 Å². The first-order chi connectivity index (χ1) is 8.92. The molecule has 0 aliphatic rings. The van der Waals surface area contributed by atoms with E-state index in [-0.39, 0.29) is 5.46 Å². The molecule has 0 saturated carbocycles. The smallest absolute Gasteiger partial charge is 0.330 e. The van der Waals surface area contributed by atoms with Crippen molar-refractivity contribution in [2.24, 2.45) is 0 Å². The van der Waals surface area contributed by atoms with E-state index in [2.05, 4.69) is 12.6 Å². The maximum Gasteiger partial charge on any atom is 0.330 e. The number of rotatable bonds is 5. The van der Waals surface area contributed by atoms with Gasteiger partial charge in [0.05, 0.1) is 5.60 Å². The fourth-order valence-corrected chi connectivity index (χ4v) is 1.87. The molecule has 0 aliphatic carbocycles. The van der Waals surface area contributed by atoms with Crippen LogP contribution >= 0.6 is 22.9 Å². The molecule has 0 saturated heterocycles. The van der Waals surface area contributed by atoms with E-state index in [9.17, 15) is 19.4 Å². The van der Waals surface area contributed by atoms with Gasteiger partial charge in [0.15, 0.2) is 0 Å². The van der Waals surface area contributed by atoms with Gasteiger partial charge in [-0.15, -0.1) is 0 Å². The van der Waals surface area contributed by atoms with Gasteiger partial charge in [0.25, 0.3) is 0 Å². The zero-order chi connectivity index (χ0) is 16.8. The molecule has 0 fully saturated rings. The average molecular weight is 347 g/mol. The first kappa shape index (κ1) is 18.6. The van der Waals surface area contributed by atoms with Crippen molar-refractivity contribution in [3.63, 3.8) is 0 Å². The Hall–Kier alpha value is -0.405. The minimum atomic E-state index is -9.62. The van der Waals surface area contributed by atoms with Crippen molar-refractivity contribution in [2.45, 2.75) is 42.9 Å². The van der Waals surface area contributed by atoms with Crippen LogP contribution in [-0.2, 0) is 4.65 Å². The topological polar surface area (TPSA) is 9.23 Å². The van der Waals surface area contributed by atoms with Crippen LogP contribution in [0.15, 0.2) is 29.2 Å². The van der Waals surface area contributed by atoms with Crippen molar-refractivity contribution >= 4 is 35.8 Å². The maximum atomic E-state index is 12.6. The molecule has 0 aromatic heterocycles. The fraction of sp³-hybridized carbons (Fsp3) is 0.500. The van der Waals surface area contributed by atoms with Gasteiger partial charge in [-0.1, -0.05) is 37.0 Å². The second-order valence-corrected chi connectivity index (χ2v) is 9.37. The van der Waals surface area contributed by atoms with E-state index in [1.54, 1.807) is 13.8 Å². The predicted octanol–water partition coefficient (Wildman–Crippen LogP) is 5.09. The molecule has 9 heteroatoms. The molecule has 121 valence electrons. The molecule has 0 unspecified atom stereocenters. The van der Waals surface area contributed by atoms with Crippen molar-refractivity contribution in [3.05, 3.63) is 24.3 Å². The molecule has 1 radical (unpaired) electrons. The Bertz CT molecular complexity index is 519. The number of benzene rings is 1. The Morgan fingerprint density at radius 1 is 0.952 bits per heavy atom. The van der Waals surface area contributed by atoms with Crippen LogP contribution in [0.4, 0.5) is 19.4 Å².